The van der Waals surface area contributed by atoms with E-state index in [4.69, 9.17) is 4.74 Å². The minimum atomic E-state index is -0.150. The van der Waals surface area contributed by atoms with Gasteiger partial charge in [-0.25, -0.2) is 9.78 Å². The molecule has 0 atom stereocenters. The lowest BCUT2D eigenvalue weighted by molar-refractivity contribution is 0.251. The van der Waals surface area contributed by atoms with Crippen molar-refractivity contribution in [1.82, 2.24) is 15.3 Å². The first kappa shape index (κ1) is 13.9. The first-order chi connectivity index (χ1) is 11.3. The fraction of sp³-hybridized carbons (Fsp3) is 0.294. The van der Waals surface area contributed by atoms with Gasteiger partial charge >= 0.3 is 6.03 Å². The number of hydrogen-bond donors (Lipinski definition) is 3. The van der Waals surface area contributed by atoms with Crippen LogP contribution in [0.5, 0.6) is 5.75 Å². The number of ether oxygens (including phenoxy) is 1. The molecule has 1 fully saturated rings. The number of nitrogens with one attached hydrogen (secondary N) is 3. The van der Waals surface area contributed by atoms with Gasteiger partial charge < -0.3 is 20.4 Å². The van der Waals surface area contributed by atoms with Crippen molar-refractivity contribution in [3.63, 3.8) is 0 Å². The highest BCUT2D eigenvalue weighted by molar-refractivity contribution is 5.92. The number of aromatic amines is 1. The lowest BCUT2D eigenvalue weighted by atomic mass is 9.98. The molecule has 0 bridgehead atoms. The molecule has 1 aliphatic carbocycles. The van der Waals surface area contributed by atoms with Crippen molar-refractivity contribution < 1.29 is 9.53 Å². The molecule has 4 rings (SSSR count). The van der Waals surface area contributed by atoms with Crippen LogP contribution in [0.3, 0.4) is 0 Å². The Labute approximate surface area is 134 Å². The van der Waals surface area contributed by atoms with E-state index >= 15 is 0 Å². The molecule has 6 heteroatoms. The van der Waals surface area contributed by atoms with Crippen molar-refractivity contribution in [3.05, 3.63) is 42.0 Å². The van der Waals surface area contributed by atoms with Gasteiger partial charge in [-0.2, -0.15) is 0 Å². The summed E-state index contributed by atoms with van der Waals surface area (Å²) in [6, 6.07) is 5.92. The van der Waals surface area contributed by atoms with Gasteiger partial charge in [0, 0.05) is 23.7 Å². The number of nitrogens with zero attached hydrogens (tertiary/aromatic N) is 1. The Morgan fingerprint density at radius 2 is 2.30 bits per heavy atom. The highest BCUT2D eigenvalue weighted by Gasteiger charge is 2.23. The Morgan fingerprint density at radius 1 is 1.39 bits per heavy atom. The van der Waals surface area contributed by atoms with Gasteiger partial charge in [0.05, 0.1) is 24.8 Å². The average Bonchev–Trinajstić information content (AvgIpc) is 3.20. The molecule has 6 nitrogen and oxygen atoms in total. The number of carbonyl (C=O) groups excluding carboxylic acids is 1. The minimum Gasteiger partial charge on any atom is -0.493 e. The normalized spacial score (nSPS) is 18.2. The number of fused-ring (bicyclic) bond motifs is 1. The quantitative estimate of drug-likeness (QED) is 0.815. The Morgan fingerprint density at radius 3 is 3.09 bits per heavy atom. The van der Waals surface area contributed by atoms with Crippen LogP contribution in [0.2, 0.25) is 0 Å². The zero-order valence-corrected chi connectivity index (χ0v) is 12.6. The number of urea groups is 1. The highest BCUT2D eigenvalue weighted by atomic mass is 16.5. The van der Waals surface area contributed by atoms with E-state index in [2.05, 4.69) is 26.7 Å². The number of rotatable bonds is 3. The molecule has 2 aromatic rings. The number of aromatic nitrogens is 2. The third-order valence-corrected chi connectivity index (χ3v) is 3.97. The molecule has 23 heavy (non-hydrogen) atoms. The Hall–Kier alpha value is -2.76. The first-order valence-corrected chi connectivity index (χ1v) is 7.81. The van der Waals surface area contributed by atoms with Crippen molar-refractivity contribution in [2.75, 3.05) is 11.9 Å². The number of hydrogen-bond acceptors (Lipinski definition) is 3. The van der Waals surface area contributed by atoms with Crippen LogP contribution in [0, 0.1) is 0 Å². The molecule has 0 saturated heterocycles. The van der Waals surface area contributed by atoms with Gasteiger partial charge in [-0.05, 0) is 42.7 Å². The molecule has 1 aromatic carbocycles. The van der Waals surface area contributed by atoms with Crippen LogP contribution in [0.25, 0.3) is 11.6 Å². The lowest BCUT2D eigenvalue weighted by Crippen LogP contribution is -2.30. The van der Waals surface area contributed by atoms with Gasteiger partial charge in [0.25, 0.3) is 0 Å². The molecule has 0 unspecified atom stereocenters. The molecule has 118 valence electrons. The molecule has 0 spiro atoms. The van der Waals surface area contributed by atoms with Crippen LogP contribution < -0.4 is 15.4 Å². The Balaban J connectivity index is 1.58. The van der Waals surface area contributed by atoms with Crippen molar-refractivity contribution in [3.8, 4) is 5.75 Å². The van der Waals surface area contributed by atoms with Gasteiger partial charge in [0.2, 0.25) is 0 Å². The molecule has 1 saturated carbocycles. The molecule has 0 radical (unpaired) electrons. The topological polar surface area (TPSA) is 79.0 Å². The van der Waals surface area contributed by atoms with E-state index in [1.807, 2.05) is 18.2 Å². The summed E-state index contributed by atoms with van der Waals surface area (Å²) in [6.07, 6.45) is 8.48. The van der Waals surface area contributed by atoms with Crippen LogP contribution in [0.1, 0.15) is 30.5 Å². The van der Waals surface area contributed by atoms with Crippen molar-refractivity contribution in [2.45, 2.75) is 25.3 Å². The smallest absolute Gasteiger partial charge is 0.319 e. The molecule has 1 aromatic heterocycles. The second-order valence-corrected chi connectivity index (χ2v) is 5.86. The average molecular weight is 310 g/mol. The monoisotopic (exact) mass is 310 g/mol. The number of imidazole rings is 1. The summed E-state index contributed by atoms with van der Waals surface area (Å²) in [5.41, 5.74) is 3.90. The van der Waals surface area contributed by atoms with E-state index in [-0.39, 0.29) is 6.03 Å². The molecule has 2 heterocycles. The van der Waals surface area contributed by atoms with Crippen LogP contribution in [0.4, 0.5) is 10.5 Å². The van der Waals surface area contributed by atoms with Crippen molar-refractivity contribution >= 4 is 23.4 Å². The largest absolute Gasteiger partial charge is 0.493 e. The third-order valence-electron chi connectivity index (χ3n) is 3.97. The van der Waals surface area contributed by atoms with Crippen LogP contribution >= 0.6 is 0 Å². The number of benzene rings is 1. The van der Waals surface area contributed by atoms with Crippen LogP contribution in [-0.2, 0) is 0 Å². The van der Waals surface area contributed by atoms with Crippen LogP contribution in [0.15, 0.2) is 30.7 Å². The van der Waals surface area contributed by atoms with E-state index in [9.17, 15) is 4.79 Å². The summed E-state index contributed by atoms with van der Waals surface area (Å²) in [5, 5.41) is 5.81. The van der Waals surface area contributed by atoms with E-state index in [0.717, 1.165) is 42.0 Å². The van der Waals surface area contributed by atoms with Gasteiger partial charge in [-0.1, -0.05) is 0 Å². The maximum absolute atomic E-state index is 11.9. The predicted octanol–water partition coefficient (Wildman–Crippen LogP) is 3.02. The molecule has 1 aliphatic heterocycles. The number of H-pyrrole nitrogens is 1. The SMILES string of the molecule is O=C(Nc1ccc2c(c1)C(=Cc1cnc[nH]1)CCO2)NC1CC1. The minimum absolute atomic E-state index is 0.150. The molecule has 2 amide bonds. The standard InChI is InChI=1S/C17H18N4O2/c22-17(20-12-1-2-12)21-13-3-4-16-15(8-13)11(5-6-23-16)7-14-9-18-10-19-14/h3-4,7-10,12H,1-2,5-6H2,(H,18,19)(H2,20,21,22). The summed E-state index contributed by atoms with van der Waals surface area (Å²) in [4.78, 5) is 19.0. The Kier molecular flexibility index (Phi) is 3.49. The Bertz CT molecular complexity index is 748. The lowest BCUT2D eigenvalue weighted by Gasteiger charge is -2.21. The zero-order valence-electron chi connectivity index (χ0n) is 12.6. The van der Waals surface area contributed by atoms with E-state index in [1.54, 1.807) is 12.5 Å². The molecular weight excluding hydrogens is 292 g/mol. The number of amides is 2. The van der Waals surface area contributed by atoms with Gasteiger partial charge in [-0.3, -0.25) is 0 Å². The summed E-state index contributed by atoms with van der Waals surface area (Å²) in [5.74, 6) is 0.843. The number of carbonyl (C=O) groups is 1. The molecule has 2 aliphatic rings. The van der Waals surface area contributed by atoms with Gasteiger partial charge in [0.1, 0.15) is 5.75 Å². The van der Waals surface area contributed by atoms with E-state index in [1.165, 1.54) is 5.57 Å². The first-order valence-electron chi connectivity index (χ1n) is 7.81. The third kappa shape index (κ3) is 3.21. The summed E-state index contributed by atoms with van der Waals surface area (Å²) < 4.78 is 5.71. The van der Waals surface area contributed by atoms with Gasteiger partial charge in [-0.15, -0.1) is 0 Å². The fourth-order valence-electron chi connectivity index (χ4n) is 2.65. The van der Waals surface area contributed by atoms with Crippen molar-refractivity contribution in [2.24, 2.45) is 0 Å². The summed E-state index contributed by atoms with van der Waals surface area (Å²) in [6.45, 7) is 0.655. The van der Waals surface area contributed by atoms with E-state index < -0.39 is 0 Å². The van der Waals surface area contributed by atoms with Crippen molar-refractivity contribution in [1.29, 1.82) is 0 Å². The molecular formula is C17H18N4O2. The van der Waals surface area contributed by atoms with Crippen LogP contribution in [-0.4, -0.2) is 28.6 Å². The molecule has 3 N–H and O–H groups in total. The zero-order chi connectivity index (χ0) is 15.6. The second-order valence-electron chi connectivity index (χ2n) is 5.86. The van der Waals surface area contributed by atoms with Gasteiger partial charge in [0.15, 0.2) is 0 Å². The highest BCUT2D eigenvalue weighted by Crippen LogP contribution is 2.35. The summed E-state index contributed by atoms with van der Waals surface area (Å²) in [7, 11) is 0. The number of anilines is 1. The summed E-state index contributed by atoms with van der Waals surface area (Å²) >= 11 is 0. The fourth-order valence-corrected chi connectivity index (χ4v) is 2.65. The second kappa shape index (κ2) is 5.79. The van der Waals surface area contributed by atoms with E-state index in [0.29, 0.717) is 12.6 Å². The maximum atomic E-state index is 11.9. The predicted molar refractivity (Wildman–Crippen MR) is 88.2 cm³/mol. The maximum Gasteiger partial charge on any atom is 0.319 e.